The van der Waals surface area contributed by atoms with Crippen molar-refractivity contribution < 1.29 is 17.9 Å². The van der Waals surface area contributed by atoms with Crippen LogP contribution in [-0.2, 0) is 19.8 Å². The summed E-state index contributed by atoms with van der Waals surface area (Å²) in [4.78, 5) is 14.8. The maximum Gasteiger partial charge on any atom is 0.416 e. The first-order chi connectivity index (χ1) is 18.0. The number of pyridine rings is 1. The summed E-state index contributed by atoms with van der Waals surface area (Å²) in [6.07, 6.45) is 1.79. The van der Waals surface area contributed by atoms with E-state index in [1.54, 1.807) is 60.6 Å². The van der Waals surface area contributed by atoms with E-state index in [0.29, 0.717) is 40.4 Å². The summed E-state index contributed by atoms with van der Waals surface area (Å²) in [7, 11) is 7.01. The van der Waals surface area contributed by atoms with Gasteiger partial charge >= 0.3 is 6.18 Å². The van der Waals surface area contributed by atoms with E-state index in [1.807, 2.05) is 0 Å². The number of hydrogen-bond acceptors (Lipinski definition) is 8. The normalized spacial score (nSPS) is 12.0. The molecule has 5 aromatic rings. The molecule has 0 atom stereocenters. The lowest BCUT2D eigenvalue weighted by molar-refractivity contribution is -0.137. The molecule has 0 radical (unpaired) electrons. The van der Waals surface area contributed by atoms with E-state index in [0.717, 1.165) is 12.1 Å². The van der Waals surface area contributed by atoms with E-state index >= 15 is 0 Å². The SMILES string of the molecule is CNc1cn2ncc(Oc3cnc4nc(Nc5cc(CN(C)C)cc(C(F)(F)F)c5)n(C)c4c3Cl)c2cn1. The van der Waals surface area contributed by atoms with E-state index in [1.165, 1.54) is 12.4 Å². The number of ether oxygens (including phenoxy) is 1. The third kappa shape index (κ3) is 4.89. The van der Waals surface area contributed by atoms with Crippen LogP contribution in [0.4, 0.5) is 30.6 Å². The maximum absolute atomic E-state index is 13.5. The first-order valence-electron chi connectivity index (χ1n) is 11.4. The molecular formula is C24H23ClF3N9O. The summed E-state index contributed by atoms with van der Waals surface area (Å²) in [5.41, 5.74) is 1.35. The molecule has 0 saturated carbocycles. The fourth-order valence-electron chi connectivity index (χ4n) is 4.00. The van der Waals surface area contributed by atoms with Crippen molar-refractivity contribution in [1.29, 1.82) is 0 Å². The van der Waals surface area contributed by atoms with Crippen LogP contribution in [0.15, 0.2) is 43.0 Å². The fourth-order valence-corrected chi connectivity index (χ4v) is 4.30. The lowest BCUT2D eigenvalue weighted by Crippen LogP contribution is -2.13. The minimum atomic E-state index is -4.50. The van der Waals surface area contributed by atoms with Crippen molar-refractivity contribution >= 4 is 45.7 Å². The number of aromatic nitrogens is 6. The number of imidazole rings is 1. The van der Waals surface area contributed by atoms with Gasteiger partial charge in [-0.25, -0.2) is 14.5 Å². The van der Waals surface area contributed by atoms with Crippen LogP contribution in [-0.4, -0.2) is 55.2 Å². The number of aryl methyl sites for hydroxylation is 1. The summed E-state index contributed by atoms with van der Waals surface area (Å²) in [5.74, 6) is 1.58. The maximum atomic E-state index is 13.5. The molecule has 0 amide bonds. The first-order valence-corrected chi connectivity index (χ1v) is 11.7. The van der Waals surface area contributed by atoms with Crippen LogP contribution in [0.1, 0.15) is 11.1 Å². The average molecular weight is 546 g/mol. The molecule has 5 rings (SSSR count). The second-order valence-electron chi connectivity index (χ2n) is 8.85. The average Bonchev–Trinajstić information content (AvgIpc) is 3.40. The number of nitrogens with one attached hydrogen (secondary N) is 2. The molecule has 0 aliphatic heterocycles. The molecule has 2 N–H and O–H groups in total. The Hall–Kier alpha value is -4.10. The van der Waals surface area contributed by atoms with Crippen LogP contribution in [0.5, 0.6) is 11.5 Å². The Morgan fingerprint density at radius 2 is 1.87 bits per heavy atom. The second kappa shape index (κ2) is 9.65. The van der Waals surface area contributed by atoms with Gasteiger partial charge in [-0.2, -0.15) is 23.3 Å². The molecule has 1 aromatic carbocycles. The number of benzene rings is 1. The molecule has 0 saturated heterocycles. The Morgan fingerprint density at radius 3 is 2.58 bits per heavy atom. The number of hydrogen-bond donors (Lipinski definition) is 2. The molecule has 4 aromatic heterocycles. The van der Waals surface area contributed by atoms with E-state index in [2.05, 4.69) is 30.7 Å². The van der Waals surface area contributed by atoms with Gasteiger partial charge in [0, 0.05) is 26.3 Å². The minimum absolute atomic E-state index is 0.231. The summed E-state index contributed by atoms with van der Waals surface area (Å²) in [6.45, 7) is 0.338. The van der Waals surface area contributed by atoms with Crippen molar-refractivity contribution in [3.8, 4) is 11.5 Å². The molecule has 0 unspecified atom stereocenters. The van der Waals surface area contributed by atoms with Crippen LogP contribution >= 0.6 is 11.6 Å². The standard InChI is InChI=1S/C24H23ClF3N9O/c1-29-19-12-37-16(8-30-19)17(10-32-37)38-18-9-31-22-21(20(18)25)36(4)23(34-22)33-15-6-13(11-35(2)3)5-14(7-15)24(26,27)28/h5-10,12,29H,11H2,1-4H3,(H,31,33,34). The van der Waals surface area contributed by atoms with Gasteiger partial charge in [0.15, 0.2) is 17.1 Å². The van der Waals surface area contributed by atoms with Crippen molar-refractivity contribution in [2.75, 3.05) is 31.8 Å². The lowest BCUT2D eigenvalue weighted by atomic mass is 10.1. The van der Waals surface area contributed by atoms with Crippen LogP contribution in [0.25, 0.3) is 16.7 Å². The molecule has 38 heavy (non-hydrogen) atoms. The highest BCUT2D eigenvalue weighted by molar-refractivity contribution is 6.36. The number of alkyl halides is 3. The zero-order chi connectivity index (χ0) is 27.2. The molecular weight excluding hydrogens is 523 g/mol. The lowest BCUT2D eigenvalue weighted by Gasteiger charge is -2.16. The minimum Gasteiger partial charge on any atom is -0.450 e. The highest BCUT2D eigenvalue weighted by Gasteiger charge is 2.31. The molecule has 0 spiro atoms. The predicted molar refractivity (Wildman–Crippen MR) is 138 cm³/mol. The van der Waals surface area contributed by atoms with Crippen molar-refractivity contribution in [1.82, 2.24) is 34.0 Å². The first kappa shape index (κ1) is 25.5. The fraction of sp³-hybridized carbons (Fsp3) is 0.250. The summed E-state index contributed by atoms with van der Waals surface area (Å²) < 4.78 is 49.9. The molecule has 0 aliphatic carbocycles. The molecule has 198 valence electrons. The summed E-state index contributed by atoms with van der Waals surface area (Å²) >= 11 is 6.69. The van der Waals surface area contributed by atoms with Crippen molar-refractivity contribution in [2.24, 2.45) is 7.05 Å². The van der Waals surface area contributed by atoms with Crippen LogP contribution in [0, 0.1) is 0 Å². The van der Waals surface area contributed by atoms with E-state index < -0.39 is 11.7 Å². The largest absolute Gasteiger partial charge is 0.450 e. The Balaban J connectivity index is 1.49. The van der Waals surface area contributed by atoms with Gasteiger partial charge in [0.1, 0.15) is 21.9 Å². The summed E-state index contributed by atoms with van der Waals surface area (Å²) in [6, 6.07) is 3.83. The van der Waals surface area contributed by atoms with Gasteiger partial charge in [0.25, 0.3) is 0 Å². The molecule has 0 fully saturated rings. The van der Waals surface area contributed by atoms with Gasteiger partial charge in [0.2, 0.25) is 5.95 Å². The zero-order valence-electron chi connectivity index (χ0n) is 20.8. The highest BCUT2D eigenvalue weighted by atomic mass is 35.5. The second-order valence-corrected chi connectivity index (χ2v) is 9.22. The zero-order valence-corrected chi connectivity index (χ0v) is 21.6. The Labute approximate surface area is 220 Å². The van der Waals surface area contributed by atoms with Crippen LogP contribution in [0.3, 0.4) is 0 Å². The van der Waals surface area contributed by atoms with E-state index in [4.69, 9.17) is 16.3 Å². The van der Waals surface area contributed by atoms with Crippen molar-refractivity contribution in [2.45, 2.75) is 12.7 Å². The Kier molecular flexibility index (Phi) is 6.49. The predicted octanol–water partition coefficient (Wildman–Crippen LogP) is 5.32. The third-order valence-electron chi connectivity index (χ3n) is 5.73. The molecule has 10 nitrogen and oxygen atoms in total. The van der Waals surface area contributed by atoms with E-state index in [9.17, 15) is 13.2 Å². The van der Waals surface area contributed by atoms with Crippen LogP contribution in [0.2, 0.25) is 5.02 Å². The van der Waals surface area contributed by atoms with Gasteiger partial charge in [-0.3, -0.25) is 0 Å². The van der Waals surface area contributed by atoms with Crippen LogP contribution < -0.4 is 15.4 Å². The van der Waals surface area contributed by atoms with Gasteiger partial charge in [0.05, 0.1) is 30.4 Å². The topological polar surface area (TPSA) is 97.4 Å². The monoisotopic (exact) mass is 545 g/mol. The quantitative estimate of drug-likeness (QED) is 0.283. The Bertz CT molecular complexity index is 1650. The molecule has 14 heteroatoms. The molecule has 0 aliphatic rings. The molecule has 4 heterocycles. The number of rotatable bonds is 7. The molecule has 0 bridgehead atoms. The van der Waals surface area contributed by atoms with E-state index in [-0.39, 0.29) is 22.4 Å². The van der Waals surface area contributed by atoms with Gasteiger partial charge in [-0.05, 0) is 37.9 Å². The van der Waals surface area contributed by atoms with Crippen molar-refractivity contribution in [3.63, 3.8) is 0 Å². The van der Waals surface area contributed by atoms with Gasteiger partial charge in [-0.15, -0.1) is 0 Å². The number of anilines is 3. The highest BCUT2D eigenvalue weighted by Crippen LogP contribution is 2.37. The smallest absolute Gasteiger partial charge is 0.416 e. The number of fused-ring (bicyclic) bond motifs is 2. The number of halogens is 4. The van der Waals surface area contributed by atoms with Gasteiger partial charge < -0.3 is 24.8 Å². The number of nitrogens with zero attached hydrogens (tertiary/aromatic N) is 7. The third-order valence-corrected chi connectivity index (χ3v) is 6.09. The van der Waals surface area contributed by atoms with Gasteiger partial charge in [-0.1, -0.05) is 11.6 Å². The van der Waals surface area contributed by atoms with Crippen molar-refractivity contribution in [3.05, 3.63) is 59.1 Å². The summed E-state index contributed by atoms with van der Waals surface area (Å²) in [5, 5.41) is 10.4. The Morgan fingerprint density at radius 1 is 1.08 bits per heavy atom.